The molecule has 0 radical (unpaired) electrons. The lowest BCUT2D eigenvalue weighted by Gasteiger charge is -2.35. The molecule has 5 N–H and O–H groups in total. The standard InChI is InChI=1S/C15H23NO.C6H8O7/c1-3-15(9-4-5-10-16(2)12-15)13-7-6-8-14(17)11-13;7-3(8)1-6(13,5(11)12)2-4(9)10/h6-8,11,17H,3-5,9-10,12H2,1-2H3;13H,1-2H2,(H,7,8)(H,9,10)(H,11,12). The molecule has 1 aromatic rings. The maximum absolute atomic E-state index is 10.3. The summed E-state index contributed by atoms with van der Waals surface area (Å²) in [5.41, 5.74) is -1.21. The van der Waals surface area contributed by atoms with Gasteiger partial charge in [-0.05, 0) is 50.6 Å². The average Bonchev–Trinajstić information content (AvgIpc) is 2.83. The fourth-order valence-corrected chi connectivity index (χ4v) is 3.80. The van der Waals surface area contributed by atoms with Gasteiger partial charge in [-0.25, -0.2) is 4.79 Å². The van der Waals surface area contributed by atoms with Gasteiger partial charge in [0.25, 0.3) is 0 Å². The van der Waals surface area contributed by atoms with Gasteiger partial charge in [-0.2, -0.15) is 0 Å². The van der Waals surface area contributed by atoms with Crippen molar-refractivity contribution in [3.05, 3.63) is 29.8 Å². The molecule has 168 valence electrons. The Hall–Kier alpha value is -2.65. The van der Waals surface area contributed by atoms with Crippen LogP contribution in [0.25, 0.3) is 0 Å². The molecule has 1 heterocycles. The highest BCUT2D eigenvalue weighted by atomic mass is 16.4. The maximum Gasteiger partial charge on any atom is 0.336 e. The van der Waals surface area contributed by atoms with Crippen LogP contribution in [-0.4, -0.2) is 74.1 Å². The van der Waals surface area contributed by atoms with E-state index >= 15 is 0 Å². The SMILES string of the molecule is CCC1(c2cccc(O)c2)CCCCN(C)C1.O=C(O)CC(O)(CC(=O)O)C(=O)O. The third kappa shape index (κ3) is 7.31. The Morgan fingerprint density at radius 3 is 2.17 bits per heavy atom. The predicted octanol–water partition coefficient (Wildman–Crippen LogP) is 1.91. The zero-order valence-electron chi connectivity index (χ0n) is 17.4. The molecule has 9 heteroatoms. The average molecular weight is 425 g/mol. The van der Waals surface area contributed by atoms with Gasteiger partial charge in [0.2, 0.25) is 0 Å². The predicted molar refractivity (Wildman–Crippen MR) is 109 cm³/mol. The van der Waals surface area contributed by atoms with E-state index in [2.05, 4.69) is 24.9 Å². The Kier molecular flexibility index (Phi) is 9.25. The first-order valence-electron chi connectivity index (χ1n) is 9.81. The number of hydrogen-bond donors (Lipinski definition) is 5. The second-order valence-electron chi connectivity index (χ2n) is 7.86. The molecule has 0 bridgehead atoms. The second-order valence-corrected chi connectivity index (χ2v) is 7.86. The Balaban J connectivity index is 0.000000314. The number of carboxylic acids is 3. The molecular weight excluding hydrogens is 394 g/mol. The molecule has 2 rings (SSSR count). The number of aliphatic hydroxyl groups is 1. The van der Waals surface area contributed by atoms with Crippen molar-refractivity contribution in [2.24, 2.45) is 0 Å². The van der Waals surface area contributed by atoms with E-state index in [9.17, 15) is 19.5 Å². The van der Waals surface area contributed by atoms with E-state index < -0.39 is 36.4 Å². The number of aromatic hydroxyl groups is 1. The van der Waals surface area contributed by atoms with Crippen LogP contribution in [0.5, 0.6) is 5.75 Å². The van der Waals surface area contributed by atoms with Crippen molar-refractivity contribution >= 4 is 17.9 Å². The molecule has 1 atom stereocenters. The van der Waals surface area contributed by atoms with E-state index in [1.165, 1.54) is 31.4 Å². The van der Waals surface area contributed by atoms with Gasteiger partial charge in [-0.1, -0.05) is 25.5 Å². The summed E-state index contributed by atoms with van der Waals surface area (Å²) >= 11 is 0. The molecular formula is C21H31NO8. The number of phenolic OH excluding ortho intramolecular Hbond substituents is 1. The largest absolute Gasteiger partial charge is 0.508 e. The smallest absolute Gasteiger partial charge is 0.336 e. The molecule has 0 saturated carbocycles. The molecule has 1 aromatic carbocycles. The number of hydrogen-bond acceptors (Lipinski definition) is 6. The molecule has 1 unspecified atom stereocenters. The van der Waals surface area contributed by atoms with E-state index in [4.69, 9.17) is 20.4 Å². The minimum Gasteiger partial charge on any atom is -0.508 e. The van der Waals surface area contributed by atoms with Crippen LogP contribution in [0, 0.1) is 0 Å². The van der Waals surface area contributed by atoms with Crippen molar-refractivity contribution < 1.29 is 39.9 Å². The first-order chi connectivity index (χ1) is 13.9. The second kappa shape index (κ2) is 10.9. The Morgan fingerprint density at radius 1 is 1.10 bits per heavy atom. The van der Waals surface area contributed by atoms with Gasteiger partial charge in [0, 0.05) is 12.0 Å². The van der Waals surface area contributed by atoms with Crippen LogP contribution in [0.1, 0.15) is 51.0 Å². The van der Waals surface area contributed by atoms with Crippen molar-refractivity contribution in [3.8, 4) is 5.75 Å². The highest BCUT2D eigenvalue weighted by molar-refractivity contribution is 5.88. The monoisotopic (exact) mass is 425 g/mol. The molecule has 30 heavy (non-hydrogen) atoms. The van der Waals surface area contributed by atoms with Gasteiger partial charge in [0.1, 0.15) is 5.75 Å². The van der Waals surface area contributed by atoms with Gasteiger partial charge >= 0.3 is 17.9 Å². The van der Waals surface area contributed by atoms with Crippen LogP contribution in [0.2, 0.25) is 0 Å². The number of aliphatic carboxylic acids is 3. The number of carbonyl (C=O) groups is 3. The lowest BCUT2D eigenvalue weighted by Crippen LogP contribution is -2.42. The molecule has 0 aromatic heterocycles. The van der Waals surface area contributed by atoms with Crippen LogP contribution in [0.15, 0.2) is 24.3 Å². The van der Waals surface area contributed by atoms with Crippen molar-refractivity contribution in [2.45, 2.75) is 56.5 Å². The minimum absolute atomic E-state index is 0.226. The van der Waals surface area contributed by atoms with Gasteiger partial charge in [-0.3, -0.25) is 9.59 Å². The zero-order chi connectivity index (χ0) is 22.9. The number of rotatable bonds is 7. The summed E-state index contributed by atoms with van der Waals surface area (Å²) < 4.78 is 0. The van der Waals surface area contributed by atoms with E-state index in [1.807, 2.05) is 12.1 Å². The summed E-state index contributed by atoms with van der Waals surface area (Å²) in [7, 11) is 2.21. The Bertz CT molecular complexity index is 734. The first kappa shape index (κ1) is 25.4. The van der Waals surface area contributed by atoms with Crippen LogP contribution in [0.4, 0.5) is 0 Å². The van der Waals surface area contributed by atoms with E-state index in [1.54, 1.807) is 6.07 Å². The molecule has 0 aliphatic carbocycles. The topological polar surface area (TPSA) is 156 Å². The van der Waals surface area contributed by atoms with Crippen molar-refractivity contribution in [3.63, 3.8) is 0 Å². The van der Waals surface area contributed by atoms with E-state index in [0.717, 1.165) is 13.0 Å². The summed E-state index contributed by atoms with van der Waals surface area (Å²) in [6, 6.07) is 7.84. The molecule has 1 aliphatic heterocycles. The lowest BCUT2D eigenvalue weighted by atomic mass is 9.74. The minimum atomic E-state index is -2.74. The Labute approximate surface area is 175 Å². The van der Waals surface area contributed by atoms with Crippen LogP contribution < -0.4 is 0 Å². The van der Waals surface area contributed by atoms with Gasteiger partial charge in [-0.15, -0.1) is 0 Å². The molecule has 9 nitrogen and oxygen atoms in total. The first-order valence-corrected chi connectivity index (χ1v) is 9.81. The van der Waals surface area contributed by atoms with Gasteiger partial charge in [0.15, 0.2) is 5.60 Å². The van der Waals surface area contributed by atoms with Crippen molar-refractivity contribution in [2.75, 3.05) is 20.1 Å². The summed E-state index contributed by atoms with van der Waals surface area (Å²) in [6.07, 6.45) is 2.66. The summed E-state index contributed by atoms with van der Waals surface area (Å²) in [5, 5.41) is 43.5. The Morgan fingerprint density at radius 2 is 1.70 bits per heavy atom. The summed E-state index contributed by atoms with van der Waals surface area (Å²) in [6.45, 7) is 4.57. The van der Waals surface area contributed by atoms with Crippen molar-refractivity contribution in [1.82, 2.24) is 4.90 Å². The number of benzene rings is 1. The fraction of sp³-hybridized carbons (Fsp3) is 0.571. The molecule has 0 spiro atoms. The maximum atomic E-state index is 10.3. The van der Waals surface area contributed by atoms with Crippen LogP contribution >= 0.6 is 0 Å². The third-order valence-corrected chi connectivity index (χ3v) is 5.44. The van der Waals surface area contributed by atoms with Crippen molar-refractivity contribution in [1.29, 1.82) is 0 Å². The number of nitrogens with zero attached hydrogens (tertiary/aromatic N) is 1. The number of phenols is 1. The number of carboxylic acid groups (broad SMARTS) is 3. The van der Waals surface area contributed by atoms with E-state index in [-0.39, 0.29) is 5.41 Å². The van der Waals surface area contributed by atoms with Gasteiger partial charge < -0.3 is 30.4 Å². The third-order valence-electron chi connectivity index (χ3n) is 5.44. The van der Waals surface area contributed by atoms with E-state index in [0.29, 0.717) is 5.75 Å². The van der Waals surface area contributed by atoms with Crippen LogP contribution in [-0.2, 0) is 19.8 Å². The highest BCUT2D eigenvalue weighted by Crippen LogP contribution is 2.37. The molecule has 1 aliphatic rings. The fourth-order valence-electron chi connectivity index (χ4n) is 3.80. The number of likely N-dealkylation sites (tertiary alicyclic amines) is 1. The number of likely N-dealkylation sites (N-methyl/N-ethyl adjacent to an activating group) is 1. The van der Waals surface area contributed by atoms with Gasteiger partial charge in [0.05, 0.1) is 12.8 Å². The highest BCUT2D eigenvalue weighted by Gasteiger charge is 2.40. The normalized spacial score (nSPS) is 19.8. The molecule has 0 amide bonds. The summed E-state index contributed by atoms with van der Waals surface area (Å²) in [4.78, 5) is 32.9. The molecule has 1 fully saturated rings. The summed E-state index contributed by atoms with van der Waals surface area (Å²) in [5.74, 6) is -4.63. The zero-order valence-corrected chi connectivity index (χ0v) is 17.4. The quantitative estimate of drug-likeness (QED) is 0.440. The molecule has 1 saturated heterocycles. The van der Waals surface area contributed by atoms with Crippen LogP contribution in [0.3, 0.4) is 0 Å². The lowest BCUT2D eigenvalue weighted by molar-refractivity contribution is -0.170.